The zero-order chi connectivity index (χ0) is 15.1. The van der Waals surface area contributed by atoms with Gasteiger partial charge in [-0.25, -0.2) is 18.0 Å². The number of carbonyl (C=O) groups excluding carboxylic acids is 1. The van der Waals surface area contributed by atoms with Gasteiger partial charge in [0.2, 0.25) is 0 Å². The molecule has 1 unspecified atom stereocenters. The fourth-order valence-electron chi connectivity index (χ4n) is 1.85. The number of amides is 2. The molecule has 8 heteroatoms. The molecule has 0 spiro atoms. The lowest BCUT2D eigenvalue weighted by atomic mass is 10.0. The topological polar surface area (TPSA) is 104 Å². The van der Waals surface area contributed by atoms with Crippen LogP contribution in [0.15, 0.2) is 0 Å². The Balaban J connectivity index is 2.79. The van der Waals surface area contributed by atoms with Crippen LogP contribution in [0.3, 0.4) is 0 Å². The van der Waals surface area contributed by atoms with Gasteiger partial charge >= 0.3 is 12.0 Å². The van der Waals surface area contributed by atoms with E-state index in [0.29, 0.717) is 6.42 Å². The average Bonchev–Trinajstić information content (AvgIpc) is 2.51. The molecule has 0 radical (unpaired) electrons. The summed E-state index contributed by atoms with van der Waals surface area (Å²) in [5.41, 5.74) is -2.20. The summed E-state index contributed by atoms with van der Waals surface area (Å²) in [5, 5.41) is 11.7. The predicted octanol–water partition coefficient (Wildman–Crippen LogP) is 0.0682. The smallest absolute Gasteiger partial charge is 0.329 e. The van der Waals surface area contributed by atoms with Crippen molar-refractivity contribution in [2.75, 3.05) is 18.6 Å². The number of carbonyl (C=O) groups is 2. The maximum Gasteiger partial charge on any atom is 0.329 e. The maximum atomic E-state index is 12.0. The van der Waals surface area contributed by atoms with Crippen molar-refractivity contribution in [2.45, 2.75) is 38.3 Å². The second-order valence-corrected chi connectivity index (χ2v) is 7.94. The molecule has 1 aliphatic rings. The second-order valence-electron chi connectivity index (χ2n) is 5.76. The third kappa shape index (κ3) is 3.37. The summed E-state index contributed by atoms with van der Waals surface area (Å²) in [4.78, 5) is 24.2. The Morgan fingerprint density at radius 1 is 1.37 bits per heavy atom. The molecule has 1 rings (SSSR count). The number of nitrogens with zero attached hydrogens (tertiary/aromatic N) is 1. The van der Waals surface area contributed by atoms with Crippen molar-refractivity contribution in [1.29, 1.82) is 0 Å². The Kier molecular flexibility index (Phi) is 3.86. The van der Waals surface area contributed by atoms with Gasteiger partial charge in [0, 0.05) is 7.05 Å². The number of sulfone groups is 1. The van der Waals surface area contributed by atoms with Gasteiger partial charge in [-0.15, -0.1) is 0 Å². The van der Waals surface area contributed by atoms with E-state index in [1.807, 2.05) is 0 Å². The van der Waals surface area contributed by atoms with Crippen LogP contribution in [0.2, 0.25) is 0 Å². The van der Waals surface area contributed by atoms with Gasteiger partial charge in [0.25, 0.3) is 0 Å². The molecule has 1 aliphatic heterocycles. The van der Waals surface area contributed by atoms with E-state index in [0.717, 1.165) is 4.90 Å². The third-order valence-electron chi connectivity index (χ3n) is 3.58. The molecule has 1 fully saturated rings. The maximum absolute atomic E-state index is 12.0. The quantitative estimate of drug-likeness (QED) is 0.766. The first-order valence-electron chi connectivity index (χ1n) is 5.89. The van der Waals surface area contributed by atoms with E-state index in [4.69, 9.17) is 5.11 Å². The van der Waals surface area contributed by atoms with Crippen LogP contribution < -0.4 is 5.32 Å². The number of carboxylic acid groups (broad SMARTS) is 1. The Morgan fingerprint density at radius 2 is 1.89 bits per heavy atom. The van der Waals surface area contributed by atoms with Crippen molar-refractivity contribution in [2.24, 2.45) is 0 Å². The highest BCUT2D eigenvalue weighted by Crippen LogP contribution is 2.23. The summed E-state index contributed by atoms with van der Waals surface area (Å²) >= 11 is 0. The zero-order valence-corrected chi connectivity index (χ0v) is 12.4. The molecule has 2 N–H and O–H groups in total. The van der Waals surface area contributed by atoms with Crippen LogP contribution in [0, 0.1) is 0 Å². The number of likely N-dealkylation sites (N-methyl/N-ethyl adjacent to an activating group) is 1. The molecule has 110 valence electrons. The monoisotopic (exact) mass is 292 g/mol. The number of aliphatic carboxylic acids is 1. The molecule has 1 atom stereocenters. The van der Waals surface area contributed by atoms with Gasteiger partial charge in [-0.3, -0.25) is 0 Å². The SMILES string of the molecule is CN(C(=O)NC1(C)CCS(=O)(=O)C1)C(C)(C)C(=O)O. The van der Waals surface area contributed by atoms with Crippen molar-refractivity contribution in [1.82, 2.24) is 10.2 Å². The van der Waals surface area contributed by atoms with Crippen LogP contribution in [0.4, 0.5) is 4.79 Å². The van der Waals surface area contributed by atoms with Crippen LogP contribution in [-0.4, -0.2) is 60.1 Å². The van der Waals surface area contributed by atoms with E-state index in [1.54, 1.807) is 6.92 Å². The molecule has 7 nitrogen and oxygen atoms in total. The normalized spacial score (nSPS) is 25.9. The number of rotatable bonds is 3. The van der Waals surface area contributed by atoms with E-state index in [2.05, 4.69) is 5.32 Å². The highest BCUT2D eigenvalue weighted by molar-refractivity contribution is 7.91. The first-order valence-corrected chi connectivity index (χ1v) is 7.72. The highest BCUT2D eigenvalue weighted by Gasteiger charge is 2.42. The summed E-state index contributed by atoms with van der Waals surface area (Å²) in [6.45, 7) is 4.46. The van der Waals surface area contributed by atoms with Gasteiger partial charge < -0.3 is 15.3 Å². The van der Waals surface area contributed by atoms with Gasteiger partial charge in [0.05, 0.1) is 17.0 Å². The lowest BCUT2D eigenvalue weighted by Gasteiger charge is -2.35. The fraction of sp³-hybridized carbons (Fsp3) is 0.818. The van der Waals surface area contributed by atoms with Crippen LogP contribution in [-0.2, 0) is 14.6 Å². The molecule has 0 aromatic carbocycles. The molecule has 1 heterocycles. The minimum absolute atomic E-state index is 0.0375. The lowest BCUT2D eigenvalue weighted by Crippen LogP contribution is -2.58. The predicted molar refractivity (Wildman–Crippen MR) is 69.7 cm³/mol. The summed E-state index contributed by atoms with van der Waals surface area (Å²) in [5.74, 6) is -1.21. The minimum atomic E-state index is -3.13. The number of nitrogens with one attached hydrogen (secondary N) is 1. The Hall–Kier alpha value is -1.31. The number of hydrogen-bond acceptors (Lipinski definition) is 4. The van der Waals surface area contributed by atoms with Crippen molar-refractivity contribution < 1.29 is 23.1 Å². The van der Waals surface area contributed by atoms with E-state index in [9.17, 15) is 18.0 Å². The van der Waals surface area contributed by atoms with Gasteiger partial charge in [0.15, 0.2) is 9.84 Å². The highest BCUT2D eigenvalue weighted by atomic mass is 32.2. The van der Waals surface area contributed by atoms with Crippen LogP contribution >= 0.6 is 0 Å². The zero-order valence-electron chi connectivity index (χ0n) is 11.6. The summed E-state index contributed by atoms with van der Waals surface area (Å²) in [6.07, 6.45) is 0.336. The van der Waals surface area contributed by atoms with Gasteiger partial charge in [-0.05, 0) is 27.2 Å². The van der Waals surface area contributed by atoms with Crippen molar-refractivity contribution in [3.8, 4) is 0 Å². The largest absolute Gasteiger partial charge is 0.480 e. The fourth-order valence-corrected chi connectivity index (χ4v) is 3.94. The molecule has 19 heavy (non-hydrogen) atoms. The van der Waals surface area contributed by atoms with E-state index in [-0.39, 0.29) is 11.5 Å². The summed E-state index contributed by atoms with van der Waals surface area (Å²) < 4.78 is 22.9. The van der Waals surface area contributed by atoms with Crippen molar-refractivity contribution in [3.05, 3.63) is 0 Å². The summed E-state index contributed by atoms with van der Waals surface area (Å²) in [7, 11) is -1.76. The molecule has 1 saturated heterocycles. The van der Waals surface area contributed by atoms with Gasteiger partial charge in [-0.2, -0.15) is 0 Å². The van der Waals surface area contributed by atoms with Crippen LogP contribution in [0.1, 0.15) is 27.2 Å². The Labute approximate surface area is 112 Å². The number of carboxylic acids is 1. The standard InChI is InChI=1S/C11H20N2O5S/c1-10(2,8(14)15)13(4)9(16)12-11(3)5-6-19(17,18)7-11/h5-7H2,1-4H3,(H,12,16)(H,14,15). The summed E-state index contributed by atoms with van der Waals surface area (Å²) in [6, 6.07) is -0.591. The Bertz CT molecular complexity index is 499. The first-order chi connectivity index (χ1) is 8.40. The Morgan fingerprint density at radius 3 is 2.26 bits per heavy atom. The molecule has 0 bridgehead atoms. The van der Waals surface area contributed by atoms with E-state index in [1.165, 1.54) is 20.9 Å². The van der Waals surface area contributed by atoms with Crippen LogP contribution in [0.5, 0.6) is 0 Å². The molecule has 0 saturated carbocycles. The van der Waals surface area contributed by atoms with E-state index < -0.39 is 32.9 Å². The van der Waals surface area contributed by atoms with E-state index >= 15 is 0 Å². The first kappa shape index (κ1) is 15.7. The molecule has 0 aromatic heterocycles. The van der Waals surface area contributed by atoms with Gasteiger partial charge in [0.1, 0.15) is 5.54 Å². The van der Waals surface area contributed by atoms with Crippen molar-refractivity contribution >= 4 is 21.8 Å². The van der Waals surface area contributed by atoms with Crippen molar-refractivity contribution in [3.63, 3.8) is 0 Å². The minimum Gasteiger partial charge on any atom is -0.480 e. The average molecular weight is 292 g/mol. The van der Waals surface area contributed by atoms with Gasteiger partial charge in [-0.1, -0.05) is 0 Å². The third-order valence-corrected chi connectivity index (χ3v) is 5.48. The lowest BCUT2D eigenvalue weighted by molar-refractivity contribution is -0.146. The molecule has 0 aromatic rings. The molecular formula is C11H20N2O5S. The molecule has 0 aliphatic carbocycles. The molecule has 2 amide bonds. The second kappa shape index (κ2) is 4.66. The molecular weight excluding hydrogens is 272 g/mol. The number of urea groups is 1. The van der Waals surface area contributed by atoms with Crippen LogP contribution in [0.25, 0.3) is 0 Å². The number of hydrogen-bond donors (Lipinski definition) is 2.